The van der Waals surface area contributed by atoms with Crippen molar-refractivity contribution in [1.82, 2.24) is 0 Å². The first-order valence-corrected chi connectivity index (χ1v) is 6.34. The lowest BCUT2D eigenvalue weighted by molar-refractivity contribution is -0.384. The third-order valence-corrected chi connectivity index (χ3v) is 3.25. The monoisotopic (exact) mass is 314 g/mol. The molecule has 20 heavy (non-hydrogen) atoms. The van der Waals surface area contributed by atoms with Gasteiger partial charge in [-0.2, -0.15) is 0 Å². The number of hydrogen-bond donors (Lipinski definition) is 1. The second-order valence-electron chi connectivity index (χ2n) is 4.02. The third-order valence-electron chi connectivity index (χ3n) is 2.63. The summed E-state index contributed by atoms with van der Waals surface area (Å²) in [6.45, 7) is 0.320. The number of nitrogens with zero attached hydrogens (tertiary/aromatic N) is 1. The first-order chi connectivity index (χ1) is 9.47. The SMILES string of the molecule is O=[N+]([O-])c1ccc(Cl)c(NCc2ccc(F)c(Cl)c2)c1. The Bertz CT molecular complexity index is 665. The van der Waals surface area contributed by atoms with Gasteiger partial charge in [0.05, 0.1) is 20.7 Å². The number of benzene rings is 2. The van der Waals surface area contributed by atoms with E-state index in [9.17, 15) is 14.5 Å². The zero-order valence-corrected chi connectivity index (χ0v) is 11.6. The van der Waals surface area contributed by atoms with Crippen molar-refractivity contribution in [3.8, 4) is 0 Å². The Morgan fingerprint density at radius 3 is 2.55 bits per heavy atom. The highest BCUT2D eigenvalue weighted by molar-refractivity contribution is 6.33. The molecule has 0 saturated heterocycles. The van der Waals surface area contributed by atoms with Gasteiger partial charge < -0.3 is 5.32 Å². The minimum absolute atomic E-state index is 0.0226. The van der Waals surface area contributed by atoms with Gasteiger partial charge in [0.15, 0.2) is 0 Å². The highest BCUT2D eigenvalue weighted by atomic mass is 35.5. The number of halogens is 3. The molecule has 0 heterocycles. The van der Waals surface area contributed by atoms with Gasteiger partial charge in [-0.3, -0.25) is 10.1 Å². The second-order valence-corrected chi connectivity index (χ2v) is 4.84. The largest absolute Gasteiger partial charge is 0.380 e. The zero-order valence-electron chi connectivity index (χ0n) is 10.1. The minimum Gasteiger partial charge on any atom is -0.380 e. The van der Waals surface area contributed by atoms with E-state index < -0.39 is 10.7 Å². The molecule has 2 aromatic rings. The van der Waals surface area contributed by atoms with Crippen LogP contribution in [0.4, 0.5) is 15.8 Å². The molecule has 2 aromatic carbocycles. The van der Waals surface area contributed by atoms with Crippen LogP contribution in [0.1, 0.15) is 5.56 Å². The van der Waals surface area contributed by atoms with Crippen LogP contribution in [-0.4, -0.2) is 4.92 Å². The maximum absolute atomic E-state index is 13.0. The smallest absolute Gasteiger partial charge is 0.271 e. The first-order valence-electron chi connectivity index (χ1n) is 5.59. The highest BCUT2D eigenvalue weighted by Crippen LogP contribution is 2.27. The standard InChI is InChI=1S/C13H9Cl2FN2O2/c14-10-3-2-9(18(19)20)6-13(10)17-7-8-1-4-12(16)11(15)5-8/h1-6,17H,7H2. The fourth-order valence-corrected chi connectivity index (χ4v) is 2.00. The van der Waals surface area contributed by atoms with Crippen LogP contribution in [0.3, 0.4) is 0 Å². The van der Waals surface area contributed by atoms with E-state index in [1.54, 1.807) is 6.07 Å². The number of rotatable bonds is 4. The summed E-state index contributed by atoms with van der Waals surface area (Å²) in [5, 5.41) is 14.0. The second kappa shape index (κ2) is 6.07. The normalized spacial score (nSPS) is 10.3. The van der Waals surface area contributed by atoms with Crippen molar-refractivity contribution in [1.29, 1.82) is 0 Å². The number of anilines is 1. The molecule has 0 aliphatic heterocycles. The Hall–Kier alpha value is -1.85. The Labute approximate surface area is 124 Å². The first kappa shape index (κ1) is 14.6. The van der Waals surface area contributed by atoms with E-state index in [4.69, 9.17) is 23.2 Å². The number of nitro groups is 1. The molecular weight excluding hydrogens is 306 g/mol. The molecule has 0 aliphatic carbocycles. The maximum Gasteiger partial charge on any atom is 0.271 e. The van der Waals surface area contributed by atoms with Gasteiger partial charge in [-0.15, -0.1) is 0 Å². The van der Waals surface area contributed by atoms with Crippen LogP contribution in [0, 0.1) is 15.9 Å². The number of non-ortho nitro benzene ring substituents is 1. The average Bonchev–Trinajstić information content (AvgIpc) is 2.41. The predicted octanol–water partition coefficient (Wildman–Crippen LogP) is 4.65. The van der Waals surface area contributed by atoms with Crippen molar-refractivity contribution in [2.24, 2.45) is 0 Å². The summed E-state index contributed by atoms with van der Waals surface area (Å²) in [5.74, 6) is -0.496. The van der Waals surface area contributed by atoms with E-state index in [1.165, 1.54) is 30.3 Å². The summed E-state index contributed by atoms with van der Waals surface area (Å²) >= 11 is 11.6. The quantitative estimate of drug-likeness (QED) is 0.660. The number of nitrogens with one attached hydrogen (secondary N) is 1. The van der Waals surface area contributed by atoms with Crippen molar-refractivity contribution < 1.29 is 9.31 Å². The average molecular weight is 315 g/mol. The van der Waals surface area contributed by atoms with E-state index in [0.29, 0.717) is 17.3 Å². The minimum atomic E-state index is -0.504. The molecule has 4 nitrogen and oxygen atoms in total. The molecule has 104 valence electrons. The van der Waals surface area contributed by atoms with Gasteiger partial charge in [-0.1, -0.05) is 29.3 Å². The molecule has 0 saturated carbocycles. The zero-order chi connectivity index (χ0) is 14.7. The van der Waals surface area contributed by atoms with Crippen LogP contribution in [-0.2, 0) is 6.54 Å². The molecule has 0 aliphatic rings. The van der Waals surface area contributed by atoms with E-state index >= 15 is 0 Å². The van der Waals surface area contributed by atoms with Crippen LogP contribution in [0.25, 0.3) is 0 Å². The lowest BCUT2D eigenvalue weighted by Crippen LogP contribution is -2.01. The van der Waals surface area contributed by atoms with E-state index in [2.05, 4.69) is 5.32 Å². The van der Waals surface area contributed by atoms with E-state index in [0.717, 1.165) is 5.56 Å². The fraction of sp³-hybridized carbons (Fsp3) is 0.0769. The summed E-state index contributed by atoms with van der Waals surface area (Å²) in [6.07, 6.45) is 0. The Morgan fingerprint density at radius 1 is 1.15 bits per heavy atom. The van der Waals surface area contributed by atoms with Crippen LogP contribution in [0.15, 0.2) is 36.4 Å². The third kappa shape index (κ3) is 3.37. The van der Waals surface area contributed by atoms with Crippen molar-refractivity contribution in [3.05, 3.63) is 67.9 Å². The fourth-order valence-electron chi connectivity index (χ4n) is 1.61. The topological polar surface area (TPSA) is 55.2 Å². The van der Waals surface area contributed by atoms with Crippen LogP contribution in [0.5, 0.6) is 0 Å². The van der Waals surface area contributed by atoms with Crippen molar-refractivity contribution in [2.45, 2.75) is 6.54 Å². The summed E-state index contributed by atoms with van der Waals surface area (Å²) in [7, 11) is 0. The predicted molar refractivity (Wildman–Crippen MR) is 76.8 cm³/mol. The van der Waals surface area contributed by atoms with E-state index in [-0.39, 0.29) is 10.7 Å². The molecule has 0 atom stereocenters. The van der Waals surface area contributed by atoms with Gasteiger partial charge in [0.1, 0.15) is 5.82 Å². The molecule has 0 bridgehead atoms. The molecule has 2 rings (SSSR count). The Kier molecular flexibility index (Phi) is 4.42. The van der Waals surface area contributed by atoms with Crippen molar-refractivity contribution in [2.75, 3.05) is 5.32 Å². The molecule has 0 unspecified atom stereocenters. The lowest BCUT2D eigenvalue weighted by Gasteiger charge is -2.09. The summed E-state index contributed by atoms with van der Waals surface area (Å²) < 4.78 is 13.0. The molecule has 0 fully saturated rings. The molecule has 0 radical (unpaired) electrons. The summed E-state index contributed by atoms with van der Waals surface area (Å²) in [5.41, 5.74) is 1.11. The Balaban J connectivity index is 2.15. The van der Waals surface area contributed by atoms with Gasteiger partial charge in [0.25, 0.3) is 5.69 Å². The molecule has 7 heteroatoms. The van der Waals surface area contributed by atoms with Gasteiger partial charge in [-0.05, 0) is 23.8 Å². The highest BCUT2D eigenvalue weighted by Gasteiger charge is 2.09. The van der Waals surface area contributed by atoms with Gasteiger partial charge >= 0.3 is 0 Å². The van der Waals surface area contributed by atoms with Gasteiger partial charge in [0, 0.05) is 18.7 Å². The van der Waals surface area contributed by atoms with Crippen LogP contribution >= 0.6 is 23.2 Å². The Morgan fingerprint density at radius 2 is 1.90 bits per heavy atom. The van der Waals surface area contributed by atoms with Crippen molar-refractivity contribution in [3.63, 3.8) is 0 Å². The molecule has 1 N–H and O–H groups in total. The maximum atomic E-state index is 13.0. The molecule has 0 spiro atoms. The van der Waals surface area contributed by atoms with Crippen LogP contribution < -0.4 is 5.32 Å². The van der Waals surface area contributed by atoms with E-state index in [1.807, 2.05) is 0 Å². The van der Waals surface area contributed by atoms with Gasteiger partial charge in [-0.25, -0.2) is 4.39 Å². The molecule has 0 aromatic heterocycles. The summed E-state index contributed by atoms with van der Waals surface area (Å²) in [6, 6.07) is 8.42. The lowest BCUT2D eigenvalue weighted by atomic mass is 10.2. The number of hydrogen-bond acceptors (Lipinski definition) is 3. The number of nitro benzene ring substituents is 1. The molecular formula is C13H9Cl2FN2O2. The van der Waals surface area contributed by atoms with Crippen LogP contribution in [0.2, 0.25) is 10.0 Å². The summed E-state index contributed by atoms with van der Waals surface area (Å²) in [4.78, 5) is 10.2. The molecule has 0 amide bonds. The van der Waals surface area contributed by atoms with Gasteiger partial charge in [0.2, 0.25) is 0 Å². The van der Waals surface area contributed by atoms with Crippen molar-refractivity contribution >= 4 is 34.6 Å².